The molecule has 4 nitrogen and oxygen atoms in total. The monoisotopic (exact) mass is 354 g/mol. The third kappa shape index (κ3) is 3.19. The van der Waals surface area contributed by atoms with Crippen LogP contribution in [0, 0.1) is 3.57 Å². The number of carbonyl (C=O) groups is 1. The minimum Gasteiger partial charge on any atom is -0.507 e. The first-order valence-corrected chi connectivity index (χ1v) is 6.40. The van der Waals surface area contributed by atoms with E-state index in [9.17, 15) is 9.90 Å². The maximum atomic E-state index is 11.8. The number of hydrogen-bond acceptors (Lipinski definition) is 3. The number of pyridine rings is 1. The second-order valence-electron chi connectivity index (χ2n) is 3.71. The maximum Gasteiger partial charge on any atom is 0.251 e. The van der Waals surface area contributed by atoms with E-state index in [4.69, 9.17) is 0 Å². The van der Waals surface area contributed by atoms with Crippen LogP contribution in [0.4, 0.5) is 0 Å². The molecule has 0 radical (unpaired) electrons. The highest BCUT2D eigenvalue weighted by Crippen LogP contribution is 2.20. The lowest BCUT2D eigenvalue weighted by Crippen LogP contribution is -2.22. The molecule has 2 N–H and O–H groups in total. The fourth-order valence-electron chi connectivity index (χ4n) is 1.44. The summed E-state index contributed by atoms with van der Waals surface area (Å²) in [5, 5.41) is 12.3. The SMILES string of the molecule is O=C(NCc1cccnc1)c1ccc(I)c(O)c1. The van der Waals surface area contributed by atoms with Gasteiger partial charge in [0.25, 0.3) is 5.91 Å². The average molecular weight is 354 g/mol. The van der Waals surface area contributed by atoms with Gasteiger partial charge < -0.3 is 10.4 Å². The number of rotatable bonds is 3. The zero-order valence-electron chi connectivity index (χ0n) is 9.43. The highest BCUT2D eigenvalue weighted by Gasteiger charge is 2.07. The number of benzene rings is 1. The predicted molar refractivity (Wildman–Crippen MR) is 76.2 cm³/mol. The second-order valence-corrected chi connectivity index (χ2v) is 4.87. The summed E-state index contributed by atoms with van der Waals surface area (Å²) in [6.45, 7) is 0.416. The largest absolute Gasteiger partial charge is 0.507 e. The Hall–Kier alpha value is -1.63. The molecule has 5 heteroatoms. The standard InChI is InChI=1S/C13H11IN2O2/c14-11-4-3-10(6-12(11)17)13(18)16-8-9-2-1-5-15-7-9/h1-7,17H,8H2,(H,16,18). The number of nitrogens with zero attached hydrogens (tertiary/aromatic N) is 1. The van der Waals surface area contributed by atoms with E-state index in [2.05, 4.69) is 10.3 Å². The van der Waals surface area contributed by atoms with Gasteiger partial charge in [-0.05, 0) is 52.4 Å². The van der Waals surface area contributed by atoms with E-state index >= 15 is 0 Å². The first-order chi connectivity index (χ1) is 8.66. The van der Waals surface area contributed by atoms with Gasteiger partial charge in [0.1, 0.15) is 5.75 Å². The summed E-state index contributed by atoms with van der Waals surface area (Å²) in [5.41, 5.74) is 1.37. The van der Waals surface area contributed by atoms with Gasteiger partial charge in [0, 0.05) is 24.5 Å². The number of phenolic OH excluding ortho intramolecular Hbond substituents is 1. The molecular formula is C13H11IN2O2. The van der Waals surface area contributed by atoms with E-state index in [0.717, 1.165) is 9.13 Å². The Balaban J connectivity index is 2.02. The molecule has 1 aromatic carbocycles. The molecule has 1 amide bonds. The lowest BCUT2D eigenvalue weighted by molar-refractivity contribution is 0.0950. The number of hydrogen-bond donors (Lipinski definition) is 2. The Labute approximate surface area is 118 Å². The predicted octanol–water partition coefficient (Wildman–Crippen LogP) is 2.32. The summed E-state index contributed by atoms with van der Waals surface area (Å²) < 4.78 is 0.719. The summed E-state index contributed by atoms with van der Waals surface area (Å²) >= 11 is 2.01. The molecule has 0 atom stereocenters. The molecule has 2 rings (SSSR count). The smallest absolute Gasteiger partial charge is 0.251 e. The lowest BCUT2D eigenvalue weighted by atomic mass is 10.2. The molecule has 0 aliphatic carbocycles. The fraction of sp³-hybridized carbons (Fsp3) is 0.0769. The fourth-order valence-corrected chi connectivity index (χ4v) is 1.78. The van der Waals surface area contributed by atoms with Crippen LogP contribution in [0.3, 0.4) is 0 Å². The molecule has 0 aliphatic heterocycles. The van der Waals surface area contributed by atoms with Gasteiger partial charge >= 0.3 is 0 Å². The number of amides is 1. The molecule has 0 aliphatic rings. The maximum absolute atomic E-state index is 11.8. The number of carbonyl (C=O) groups excluding carboxylic acids is 1. The summed E-state index contributed by atoms with van der Waals surface area (Å²) in [6, 6.07) is 8.55. The summed E-state index contributed by atoms with van der Waals surface area (Å²) in [7, 11) is 0. The zero-order chi connectivity index (χ0) is 13.0. The van der Waals surface area contributed by atoms with Gasteiger partial charge in [-0.3, -0.25) is 9.78 Å². The number of nitrogens with one attached hydrogen (secondary N) is 1. The van der Waals surface area contributed by atoms with Crippen molar-refractivity contribution in [2.75, 3.05) is 0 Å². The molecule has 0 fully saturated rings. The van der Waals surface area contributed by atoms with Crippen LogP contribution in [0.15, 0.2) is 42.7 Å². The van der Waals surface area contributed by atoms with Crippen molar-refractivity contribution in [1.29, 1.82) is 0 Å². The van der Waals surface area contributed by atoms with Crippen molar-refractivity contribution >= 4 is 28.5 Å². The van der Waals surface area contributed by atoms with E-state index in [0.29, 0.717) is 12.1 Å². The molecular weight excluding hydrogens is 343 g/mol. The van der Waals surface area contributed by atoms with E-state index < -0.39 is 0 Å². The second kappa shape index (κ2) is 5.81. The van der Waals surface area contributed by atoms with Gasteiger partial charge in [-0.25, -0.2) is 0 Å². The van der Waals surface area contributed by atoms with Crippen LogP contribution in [-0.4, -0.2) is 16.0 Å². The van der Waals surface area contributed by atoms with E-state index in [1.807, 2.05) is 34.7 Å². The topological polar surface area (TPSA) is 62.2 Å². The molecule has 2 aromatic rings. The normalized spacial score (nSPS) is 10.1. The molecule has 92 valence electrons. The van der Waals surface area contributed by atoms with Crippen LogP contribution in [0.25, 0.3) is 0 Å². The van der Waals surface area contributed by atoms with Crippen molar-refractivity contribution in [1.82, 2.24) is 10.3 Å². The summed E-state index contributed by atoms with van der Waals surface area (Å²) in [6.07, 6.45) is 3.38. The van der Waals surface area contributed by atoms with Crippen molar-refractivity contribution in [3.63, 3.8) is 0 Å². The Morgan fingerprint density at radius 2 is 2.22 bits per heavy atom. The molecule has 0 spiro atoms. The average Bonchev–Trinajstić information content (AvgIpc) is 2.40. The van der Waals surface area contributed by atoms with Gasteiger partial charge in [-0.2, -0.15) is 0 Å². The van der Waals surface area contributed by atoms with E-state index in [1.54, 1.807) is 24.5 Å². The van der Waals surface area contributed by atoms with Crippen LogP contribution in [0.2, 0.25) is 0 Å². The first-order valence-electron chi connectivity index (χ1n) is 5.32. The van der Waals surface area contributed by atoms with Crippen molar-refractivity contribution in [3.05, 3.63) is 57.4 Å². The highest BCUT2D eigenvalue weighted by atomic mass is 127. The Bertz CT molecular complexity index is 558. The number of phenols is 1. The Morgan fingerprint density at radius 3 is 2.89 bits per heavy atom. The van der Waals surface area contributed by atoms with Crippen molar-refractivity contribution in [2.45, 2.75) is 6.54 Å². The third-order valence-corrected chi connectivity index (χ3v) is 3.30. The van der Waals surface area contributed by atoms with Gasteiger partial charge in [0.15, 0.2) is 0 Å². The van der Waals surface area contributed by atoms with Gasteiger partial charge in [-0.1, -0.05) is 6.07 Å². The zero-order valence-corrected chi connectivity index (χ0v) is 11.6. The van der Waals surface area contributed by atoms with Crippen molar-refractivity contribution in [2.24, 2.45) is 0 Å². The van der Waals surface area contributed by atoms with E-state index in [1.165, 1.54) is 6.07 Å². The molecule has 0 saturated carbocycles. The van der Waals surface area contributed by atoms with Crippen LogP contribution >= 0.6 is 22.6 Å². The number of aromatic hydroxyl groups is 1. The number of halogens is 1. The Morgan fingerprint density at radius 1 is 1.39 bits per heavy atom. The quantitative estimate of drug-likeness (QED) is 0.832. The molecule has 0 unspecified atom stereocenters. The minimum atomic E-state index is -0.217. The Kier molecular flexibility index (Phi) is 4.14. The van der Waals surface area contributed by atoms with Crippen LogP contribution in [-0.2, 0) is 6.54 Å². The van der Waals surface area contributed by atoms with Crippen molar-refractivity contribution < 1.29 is 9.90 Å². The van der Waals surface area contributed by atoms with Gasteiger partial charge in [-0.15, -0.1) is 0 Å². The van der Waals surface area contributed by atoms with Crippen molar-refractivity contribution in [3.8, 4) is 5.75 Å². The highest BCUT2D eigenvalue weighted by molar-refractivity contribution is 14.1. The summed E-state index contributed by atoms with van der Waals surface area (Å²) in [5.74, 6) is -0.102. The molecule has 18 heavy (non-hydrogen) atoms. The first kappa shape index (κ1) is 12.8. The van der Waals surface area contributed by atoms with Gasteiger partial charge in [0.2, 0.25) is 0 Å². The van der Waals surface area contributed by atoms with Crippen LogP contribution in [0.5, 0.6) is 5.75 Å². The van der Waals surface area contributed by atoms with Crippen LogP contribution in [0.1, 0.15) is 15.9 Å². The van der Waals surface area contributed by atoms with Gasteiger partial charge in [0.05, 0.1) is 3.57 Å². The molecule has 1 heterocycles. The minimum absolute atomic E-state index is 0.115. The molecule has 1 aromatic heterocycles. The third-order valence-electron chi connectivity index (χ3n) is 2.38. The molecule has 0 bridgehead atoms. The van der Waals surface area contributed by atoms with Crippen LogP contribution < -0.4 is 5.32 Å². The molecule has 0 saturated heterocycles. The lowest BCUT2D eigenvalue weighted by Gasteiger charge is -2.06. The summed E-state index contributed by atoms with van der Waals surface area (Å²) in [4.78, 5) is 15.8. The number of aromatic nitrogens is 1. The van der Waals surface area contributed by atoms with E-state index in [-0.39, 0.29) is 11.7 Å².